The van der Waals surface area contributed by atoms with E-state index in [-0.39, 0.29) is 11.8 Å². The van der Waals surface area contributed by atoms with Crippen LogP contribution in [-0.4, -0.2) is 53.6 Å². The smallest absolute Gasteiger partial charge is 0.414 e. The van der Waals surface area contributed by atoms with Gasteiger partial charge in [-0.1, -0.05) is 13.8 Å². The molecule has 0 aromatic heterocycles. The fourth-order valence-electron chi connectivity index (χ4n) is 2.64. The average Bonchev–Trinajstić information content (AvgIpc) is 2.89. The summed E-state index contributed by atoms with van der Waals surface area (Å²) in [5, 5.41) is 5.81. The molecule has 2 amide bonds. The van der Waals surface area contributed by atoms with Crippen LogP contribution < -0.4 is 10.6 Å². The number of nitrogens with zero attached hydrogens (tertiary/aromatic N) is 2. The molecule has 7 nitrogen and oxygen atoms in total. The highest BCUT2D eigenvalue weighted by Gasteiger charge is 2.50. The number of carbonyl (C=O) groups excluding carboxylic acids is 2. The number of rotatable bonds is 2. The molecule has 0 aromatic rings. The highest BCUT2D eigenvalue weighted by Crippen LogP contribution is 2.29. The monoisotopic (exact) mass is 310 g/mol. The van der Waals surface area contributed by atoms with Gasteiger partial charge in [0.1, 0.15) is 5.60 Å². The van der Waals surface area contributed by atoms with Crippen LogP contribution in [-0.2, 0) is 9.53 Å². The van der Waals surface area contributed by atoms with E-state index in [1.807, 2.05) is 13.8 Å². The second-order valence-corrected chi connectivity index (χ2v) is 7.33. The van der Waals surface area contributed by atoms with E-state index < -0.39 is 17.2 Å². The first-order chi connectivity index (χ1) is 10.1. The summed E-state index contributed by atoms with van der Waals surface area (Å²) in [6.07, 6.45) is 0.0655. The van der Waals surface area contributed by atoms with Crippen LogP contribution in [0.25, 0.3) is 0 Å². The first-order valence-corrected chi connectivity index (χ1v) is 7.75. The largest absolute Gasteiger partial charge is 0.444 e. The number of ether oxygens (including phenoxy) is 1. The lowest BCUT2D eigenvalue weighted by atomic mass is 9.99. The molecule has 1 unspecified atom stereocenters. The zero-order valence-electron chi connectivity index (χ0n) is 14.0. The predicted octanol–water partition coefficient (Wildman–Crippen LogP) is 1.10. The van der Waals surface area contributed by atoms with Crippen LogP contribution in [0.4, 0.5) is 4.79 Å². The average molecular weight is 310 g/mol. The molecule has 1 spiro atoms. The predicted molar refractivity (Wildman–Crippen MR) is 83.6 cm³/mol. The highest BCUT2D eigenvalue weighted by molar-refractivity contribution is 6.11. The van der Waals surface area contributed by atoms with Crippen molar-refractivity contribution < 1.29 is 14.3 Å². The van der Waals surface area contributed by atoms with Crippen LogP contribution >= 0.6 is 0 Å². The van der Waals surface area contributed by atoms with Crippen LogP contribution in [0.2, 0.25) is 0 Å². The van der Waals surface area contributed by atoms with Crippen molar-refractivity contribution in [3.05, 3.63) is 0 Å². The van der Waals surface area contributed by atoms with Gasteiger partial charge < -0.3 is 10.1 Å². The first-order valence-electron chi connectivity index (χ1n) is 7.75. The molecular weight excluding hydrogens is 284 g/mol. The zero-order valence-corrected chi connectivity index (χ0v) is 14.0. The Morgan fingerprint density at radius 2 is 2.18 bits per heavy atom. The second-order valence-electron chi connectivity index (χ2n) is 7.33. The molecule has 22 heavy (non-hydrogen) atoms. The third-order valence-corrected chi connectivity index (χ3v) is 3.51. The summed E-state index contributed by atoms with van der Waals surface area (Å²) in [7, 11) is 0. The molecule has 2 rings (SSSR count). The lowest BCUT2D eigenvalue weighted by molar-refractivity contribution is -0.130. The second kappa shape index (κ2) is 5.87. The molecule has 2 aliphatic heterocycles. The summed E-state index contributed by atoms with van der Waals surface area (Å²) in [6.45, 7) is 11.2. The Labute approximate surface area is 131 Å². The number of amides is 2. The number of nitrogens with one attached hydrogen (secondary N) is 2. The topological polar surface area (TPSA) is 83.0 Å². The lowest BCUT2D eigenvalue weighted by Crippen LogP contribution is -2.49. The fourth-order valence-corrected chi connectivity index (χ4v) is 2.64. The third kappa shape index (κ3) is 3.58. The van der Waals surface area contributed by atoms with E-state index in [4.69, 9.17) is 4.74 Å². The SMILES string of the molecule is CC(C)CN1C(=O)C2(CCNC2)N=C1NC(=O)OC(C)(C)C. The summed E-state index contributed by atoms with van der Waals surface area (Å²) < 4.78 is 5.25. The Morgan fingerprint density at radius 1 is 1.50 bits per heavy atom. The van der Waals surface area contributed by atoms with Gasteiger partial charge in [0.05, 0.1) is 0 Å². The van der Waals surface area contributed by atoms with Gasteiger partial charge in [-0.3, -0.25) is 15.0 Å². The highest BCUT2D eigenvalue weighted by atomic mass is 16.6. The normalized spacial score (nSPS) is 25.1. The van der Waals surface area contributed by atoms with Gasteiger partial charge in [-0.15, -0.1) is 0 Å². The Morgan fingerprint density at radius 3 is 2.68 bits per heavy atom. The maximum atomic E-state index is 12.7. The number of carbonyl (C=O) groups is 2. The number of aliphatic imine (C=N–C) groups is 1. The van der Waals surface area contributed by atoms with Crippen molar-refractivity contribution in [2.45, 2.75) is 52.2 Å². The van der Waals surface area contributed by atoms with E-state index in [0.717, 1.165) is 6.54 Å². The standard InChI is InChI=1S/C15H26N4O3/c1-10(2)8-19-11(20)15(6-7-16-9-15)18-12(19)17-13(21)22-14(3,4)5/h10,16H,6-9H2,1-5H3,(H,17,18,21). The Balaban J connectivity index is 2.17. The maximum Gasteiger partial charge on any atom is 0.414 e. The zero-order chi connectivity index (χ0) is 16.5. The minimum absolute atomic E-state index is 0.0442. The molecule has 1 atom stereocenters. The van der Waals surface area contributed by atoms with Crippen LogP contribution in [0.15, 0.2) is 4.99 Å². The molecule has 0 aromatic carbocycles. The van der Waals surface area contributed by atoms with Crippen molar-refractivity contribution in [1.82, 2.24) is 15.5 Å². The quantitative estimate of drug-likeness (QED) is 0.800. The minimum Gasteiger partial charge on any atom is -0.444 e. The van der Waals surface area contributed by atoms with Gasteiger partial charge in [0.15, 0.2) is 5.54 Å². The van der Waals surface area contributed by atoms with E-state index in [0.29, 0.717) is 25.5 Å². The lowest BCUT2D eigenvalue weighted by Gasteiger charge is -2.24. The Kier molecular flexibility index (Phi) is 4.47. The van der Waals surface area contributed by atoms with Crippen molar-refractivity contribution in [2.75, 3.05) is 19.6 Å². The van der Waals surface area contributed by atoms with Crippen LogP contribution in [0.5, 0.6) is 0 Å². The molecule has 7 heteroatoms. The molecule has 0 bridgehead atoms. The van der Waals surface area contributed by atoms with E-state index >= 15 is 0 Å². The molecule has 0 radical (unpaired) electrons. The summed E-state index contributed by atoms with van der Waals surface area (Å²) in [5.41, 5.74) is -1.36. The molecule has 124 valence electrons. The minimum atomic E-state index is -0.765. The van der Waals surface area contributed by atoms with Gasteiger partial charge in [0.2, 0.25) is 5.96 Å². The summed E-state index contributed by atoms with van der Waals surface area (Å²) in [4.78, 5) is 30.8. The van der Waals surface area contributed by atoms with E-state index in [1.165, 1.54) is 0 Å². The van der Waals surface area contributed by atoms with E-state index in [9.17, 15) is 9.59 Å². The van der Waals surface area contributed by atoms with Gasteiger partial charge in [0, 0.05) is 13.1 Å². The van der Waals surface area contributed by atoms with Crippen molar-refractivity contribution >= 4 is 18.0 Å². The molecular formula is C15H26N4O3. The summed E-state index contributed by atoms with van der Waals surface area (Å²) in [6, 6.07) is 0. The molecule has 1 saturated heterocycles. The van der Waals surface area contributed by atoms with Crippen LogP contribution in [0.3, 0.4) is 0 Å². The van der Waals surface area contributed by atoms with Gasteiger partial charge >= 0.3 is 6.09 Å². The number of guanidine groups is 1. The van der Waals surface area contributed by atoms with Gasteiger partial charge in [0.25, 0.3) is 5.91 Å². The number of hydrogen-bond donors (Lipinski definition) is 2. The fraction of sp³-hybridized carbons (Fsp3) is 0.800. The number of hydrogen-bond acceptors (Lipinski definition) is 5. The maximum absolute atomic E-state index is 12.7. The van der Waals surface area contributed by atoms with Gasteiger partial charge in [-0.25, -0.2) is 9.79 Å². The third-order valence-electron chi connectivity index (χ3n) is 3.51. The molecule has 0 aliphatic carbocycles. The van der Waals surface area contributed by atoms with Crippen LogP contribution in [0.1, 0.15) is 41.0 Å². The van der Waals surface area contributed by atoms with Gasteiger partial charge in [-0.2, -0.15) is 0 Å². The van der Waals surface area contributed by atoms with Crippen molar-refractivity contribution in [1.29, 1.82) is 0 Å². The molecule has 2 N–H and O–H groups in total. The Hall–Kier alpha value is -1.63. The van der Waals surface area contributed by atoms with Crippen LogP contribution in [0, 0.1) is 5.92 Å². The van der Waals surface area contributed by atoms with E-state index in [2.05, 4.69) is 15.6 Å². The van der Waals surface area contributed by atoms with Crippen molar-refractivity contribution in [2.24, 2.45) is 10.9 Å². The van der Waals surface area contributed by atoms with Crippen molar-refractivity contribution in [3.63, 3.8) is 0 Å². The molecule has 1 fully saturated rings. The van der Waals surface area contributed by atoms with Gasteiger partial charge in [-0.05, 0) is 39.7 Å². The molecule has 2 aliphatic rings. The molecule has 0 saturated carbocycles. The number of alkyl carbamates (subject to hydrolysis) is 1. The van der Waals surface area contributed by atoms with E-state index in [1.54, 1.807) is 25.7 Å². The van der Waals surface area contributed by atoms with Crippen molar-refractivity contribution in [3.8, 4) is 0 Å². The first kappa shape index (κ1) is 16.7. The summed E-state index contributed by atoms with van der Waals surface area (Å²) >= 11 is 0. The summed E-state index contributed by atoms with van der Waals surface area (Å²) in [5.74, 6) is 0.535. The molecule has 2 heterocycles. The Bertz CT molecular complexity index is 488.